The van der Waals surface area contributed by atoms with Crippen LogP contribution in [0.15, 0.2) is 97.1 Å². The first-order valence-corrected chi connectivity index (χ1v) is 14.6. The molecule has 0 amide bonds. The fourth-order valence-electron chi connectivity index (χ4n) is 8.74. The van der Waals surface area contributed by atoms with Crippen LogP contribution in [0.5, 0.6) is 5.75 Å². The predicted molar refractivity (Wildman–Crippen MR) is 158 cm³/mol. The van der Waals surface area contributed by atoms with Gasteiger partial charge >= 0.3 is 0 Å². The summed E-state index contributed by atoms with van der Waals surface area (Å²) in [5.74, 6) is 0.750. The Morgan fingerprint density at radius 1 is 0.829 bits per heavy atom. The van der Waals surface area contributed by atoms with Crippen LogP contribution in [0.2, 0.25) is 0 Å². The largest absolute Gasteiger partial charge is 0.492 e. The molecule has 1 aromatic heterocycles. The second-order valence-corrected chi connectivity index (χ2v) is 12.0. The number of Topliss-reactive ketones (excluding diaryl/α,β-unsaturated/α-hetero) is 1. The van der Waals surface area contributed by atoms with Crippen molar-refractivity contribution in [2.45, 2.75) is 37.3 Å². The Balaban J connectivity index is 1.44. The van der Waals surface area contributed by atoms with Crippen molar-refractivity contribution in [1.82, 2.24) is 14.9 Å². The zero-order valence-corrected chi connectivity index (χ0v) is 22.9. The Morgan fingerprint density at radius 2 is 1.54 bits per heavy atom. The number of hydrogen-bond donors (Lipinski definition) is 0. The first-order valence-electron chi connectivity index (χ1n) is 14.6. The van der Waals surface area contributed by atoms with Crippen LogP contribution < -0.4 is 4.74 Å². The summed E-state index contributed by atoms with van der Waals surface area (Å²) in [5, 5.41) is 0. The van der Waals surface area contributed by atoms with Gasteiger partial charge in [0, 0.05) is 17.5 Å². The van der Waals surface area contributed by atoms with Crippen molar-refractivity contribution in [2.75, 3.05) is 13.2 Å². The molecule has 0 radical (unpaired) electrons. The minimum atomic E-state index is -0.930. The maximum absolute atomic E-state index is 15.4. The van der Waals surface area contributed by atoms with E-state index in [-0.39, 0.29) is 24.3 Å². The van der Waals surface area contributed by atoms with E-state index in [2.05, 4.69) is 60.4 Å². The fraction of sp³-hybridized carbons (Fsp3) is 0.250. The van der Waals surface area contributed by atoms with Crippen molar-refractivity contribution in [2.24, 2.45) is 5.41 Å². The van der Waals surface area contributed by atoms with Crippen LogP contribution in [0.3, 0.4) is 0 Å². The summed E-state index contributed by atoms with van der Waals surface area (Å²) < 4.78 is 6.68. The second-order valence-electron chi connectivity index (χ2n) is 12.0. The van der Waals surface area contributed by atoms with Gasteiger partial charge in [-0.2, -0.15) is 0 Å². The van der Waals surface area contributed by atoms with Crippen molar-refractivity contribution in [1.29, 1.82) is 0 Å². The monoisotopic (exact) mass is 535 g/mol. The molecule has 3 aliphatic heterocycles. The highest BCUT2D eigenvalue weighted by Crippen LogP contribution is 2.71. The summed E-state index contributed by atoms with van der Waals surface area (Å²) in [6.45, 7) is 3.30. The highest BCUT2D eigenvalue weighted by Gasteiger charge is 2.77. The minimum absolute atomic E-state index is 0.0706. The molecule has 0 N–H and O–H groups in total. The molecule has 41 heavy (non-hydrogen) atoms. The zero-order chi connectivity index (χ0) is 27.3. The number of ether oxygens (including phenoxy) is 1. The summed E-state index contributed by atoms with van der Waals surface area (Å²) in [6, 6.07) is 33.4. The number of nitrogens with zero attached hydrogens (tertiary/aromatic N) is 3. The quantitative estimate of drug-likeness (QED) is 0.240. The summed E-state index contributed by atoms with van der Waals surface area (Å²) in [6.07, 6.45) is 2.10. The lowest BCUT2D eigenvalue weighted by molar-refractivity contribution is 0.0148. The van der Waals surface area contributed by atoms with Crippen LogP contribution in [0, 0.1) is 12.3 Å². The Morgan fingerprint density at radius 3 is 2.37 bits per heavy atom. The molecule has 5 nitrogen and oxygen atoms in total. The number of aryl methyl sites for hydroxylation is 1. The van der Waals surface area contributed by atoms with Crippen LogP contribution in [0.25, 0.3) is 22.3 Å². The van der Waals surface area contributed by atoms with Gasteiger partial charge in [0.1, 0.15) is 23.3 Å². The van der Waals surface area contributed by atoms with E-state index in [1.165, 1.54) is 11.1 Å². The van der Waals surface area contributed by atoms with Crippen molar-refractivity contribution < 1.29 is 9.53 Å². The molecule has 4 heterocycles. The Hall–Kier alpha value is -4.35. The molecule has 0 bridgehead atoms. The van der Waals surface area contributed by atoms with Crippen molar-refractivity contribution in [3.8, 4) is 17.0 Å². The number of carbonyl (C=O) groups is 1. The maximum atomic E-state index is 15.4. The molecule has 2 saturated heterocycles. The van der Waals surface area contributed by atoms with E-state index < -0.39 is 11.0 Å². The minimum Gasteiger partial charge on any atom is -0.492 e. The number of rotatable bonds is 1. The number of carbonyl (C=O) groups excluding carboxylic acids is 1. The molecule has 5 heteroatoms. The average Bonchev–Trinajstić information content (AvgIpc) is 3.66. The molecule has 5 aromatic rings. The average molecular weight is 536 g/mol. The molecule has 1 aliphatic carbocycles. The van der Waals surface area contributed by atoms with Gasteiger partial charge in [0.25, 0.3) is 0 Å². The van der Waals surface area contributed by atoms with Gasteiger partial charge in [-0.1, -0.05) is 78.4 Å². The second kappa shape index (κ2) is 8.11. The van der Waals surface area contributed by atoms with Gasteiger partial charge in [-0.15, -0.1) is 0 Å². The van der Waals surface area contributed by atoms with Crippen LogP contribution in [0.4, 0.5) is 0 Å². The Bertz CT molecular complexity index is 1900. The molecule has 0 saturated carbocycles. The van der Waals surface area contributed by atoms with Crippen molar-refractivity contribution in [3.05, 3.63) is 125 Å². The van der Waals surface area contributed by atoms with E-state index in [0.29, 0.717) is 11.3 Å². The van der Waals surface area contributed by atoms with Gasteiger partial charge in [0.05, 0.1) is 28.0 Å². The van der Waals surface area contributed by atoms with Crippen molar-refractivity contribution >= 4 is 16.8 Å². The molecule has 0 unspecified atom stereocenters. The zero-order valence-electron chi connectivity index (χ0n) is 22.9. The van der Waals surface area contributed by atoms with Crippen LogP contribution in [0.1, 0.15) is 51.5 Å². The lowest BCUT2D eigenvalue weighted by Gasteiger charge is -2.50. The SMILES string of the molecule is Cc1ccc([C@@H]2[C@H]3CCCN3[C@]3(c4ccccc4-c4nc5ccccc5nc43)[C@]23COc2ccccc2C3=O)cc1. The first-order chi connectivity index (χ1) is 20.1. The van der Waals surface area contributed by atoms with E-state index in [1.807, 2.05) is 48.5 Å². The molecule has 4 aliphatic rings. The maximum Gasteiger partial charge on any atom is 0.179 e. The van der Waals surface area contributed by atoms with Gasteiger partial charge < -0.3 is 4.74 Å². The number of fused-ring (bicyclic) bond motifs is 10. The summed E-state index contributed by atoms with van der Waals surface area (Å²) in [5.41, 5.74) is 7.04. The molecule has 9 rings (SSSR count). The Labute approximate surface area is 238 Å². The number of hydrogen-bond acceptors (Lipinski definition) is 5. The normalized spacial score (nSPS) is 27.6. The fourth-order valence-corrected chi connectivity index (χ4v) is 8.74. The van der Waals surface area contributed by atoms with Crippen LogP contribution in [-0.4, -0.2) is 39.8 Å². The molecule has 2 spiro atoms. The van der Waals surface area contributed by atoms with Gasteiger partial charge in [0.15, 0.2) is 5.78 Å². The molecular weight excluding hydrogens is 506 g/mol. The topological polar surface area (TPSA) is 55.3 Å². The van der Waals surface area contributed by atoms with Crippen LogP contribution in [-0.2, 0) is 5.54 Å². The van der Waals surface area contributed by atoms with Gasteiger partial charge in [-0.3, -0.25) is 9.69 Å². The highest BCUT2D eigenvalue weighted by atomic mass is 16.5. The summed E-state index contributed by atoms with van der Waals surface area (Å²) in [4.78, 5) is 28.7. The molecular formula is C36H29N3O2. The van der Waals surface area contributed by atoms with E-state index in [4.69, 9.17) is 14.7 Å². The van der Waals surface area contributed by atoms with Gasteiger partial charge in [0.2, 0.25) is 0 Å². The lowest BCUT2D eigenvalue weighted by Crippen LogP contribution is -2.60. The molecule has 4 atom stereocenters. The molecule has 200 valence electrons. The van der Waals surface area contributed by atoms with Gasteiger partial charge in [-0.25, -0.2) is 9.97 Å². The number of ketones is 1. The molecule has 2 fully saturated rings. The predicted octanol–water partition coefficient (Wildman–Crippen LogP) is 6.69. The third-order valence-corrected chi connectivity index (χ3v) is 10.2. The van der Waals surface area contributed by atoms with E-state index >= 15 is 4.79 Å². The third-order valence-electron chi connectivity index (χ3n) is 10.2. The number of aromatic nitrogens is 2. The molecule has 4 aromatic carbocycles. The highest BCUT2D eigenvalue weighted by molar-refractivity contribution is 6.07. The van der Waals surface area contributed by atoms with Crippen molar-refractivity contribution in [3.63, 3.8) is 0 Å². The summed E-state index contributed by atoms with van der Waals surface area (Å²) >= 11 is 0. The number of benzene rings is 4. The smallest absolute Gasteiger partial charge is 0.179 e. The Kier molecular flexibility index (Phi) is 4.62. The lowest BCUT2D eigenvalue weighted by atomic mass is 9.56. The van der Waals surface area contributed by atoms with E-state index in [1.54, 1.807) is 0 Å². The standard InChI is InChI=1S/C36H29N3O2/c1-22-16-18-23(19-17-22)31-29-14-8-20-39(29)36(35(31)21-41-30-15-7-3-10-25(30)34(35)40)26-11-4-2-9-24(26)32-33(36)38-28-13-6-5-12-27(28)37-32/h2-7,9-13,15-19,29,31H,8,14,20-21H2,1H3/t29-,31-,35-,36+/m1/s1. The van der Waals surface area contributed by atoms with E-state index in [0.717, 1.165) is 52.9 Å². The van der Waals surface area contributed by atoms with Crippen LogP contribution >= 0.6 is 0 Å². The van der Waals surface area contributed by atoms with E-state index in [9.17, 15) is 0 Å². The third kappa shape index (κ3) is 2.73. The summed E-state index contributed by atoms with van der Waals surface area (Å²) in [7, 11) is 0. The first kappa shape index (κ1) is 23.4. The van der Waals surface area contributed by atoms with Gasteiger partial charge in [-0.05, 0) is 61.7 Å². The number of para-hydroxylation sites is 3.